The molecule has 104 valence electrons. The molecule has 0 aliphatic rings. The molecule has 0 saturated carbocycles. The van der Waals surface area contributed by atoms with Gasteiger partial charge in [-0.15, -0.1) is 0 Å². The highest BCUT2D eigenvalue weighted by atomic mass is 16.5. The molecule has 0 aliphatic carbocycles. The van der Waals surface area contributed by atoms with Gasteiger partial charge in [0.25, 0.3) is 5.56 Å². The third kappa shape index (κ3) is 2.54. The van der Waals surface area contributed by atoms with Crippen LogP contribution in [0.25, 0.3) is 11.7 Å². The van der Waals surface area contributed by atoms with Gasteiger partial charge < -0.3 is 9.64 Å². The molecule has 0 aliphatic heterocycles. The van der Waals surface area contributed by atoms with Crippen molar-refractivity contribution in [2.45, 2.75) is 0 Å². The molecule has 0 aromatic carbocycles. The van der Waals surface area contributed by atoms with Gasteiger partial charge >= 0.3 is 5.97 Å². The van der Waals surface area contributed by atoms with Crippen molar-refractivity contribution in [3.8, 4) is 0 Å². The zero-order valence-corrected chi connectivity index (χ0v) is 11.5. The first-order chi connectivity index (χ1) is 9.54. The predicted molar refractivity (Wildman–Crippen MR) is 76.8 cm³/mol. The molecule has 2 heterocycles. The van der Waals surface area contributed by atoms with Crippen LogP contribution in [-0.4, -0.2) is 36.6 Å². The van der Waals surface area contributed by atoms with Crippen molar-refractivity contribution in [2.24, 2.45) is 0 Å². The third-order valence-electron chi connectivity index (χ3n) is 2.76. The number of hydrogen-bond acceptors (Lipinski definition) is 5. The van der Waals surface area contributed by atoms with Gasteiger partial charge in [0.2, 0.25) is 0 Å². The molecule has 2 aromatic rings. The molecular weight excluding hydrogens is 258 g/mol. The number of anilines is 1. The van der Waals surface area contributed by atoms with Gasteiger partial charge in [0.05, 0.1) is 12.7 Å². The lowest BCUT2D eigenvalue weighted by Crippen LogP contribution is -2.23. The van der Waals surface area contributed by atoms with Gasteiger partial charge in [0, 0.05) is 26.4 Å². The summed E-state index contributed by atoms with van der Waals surface area (Å²) in [4.78, 5) is 29.8. The van der Waals surface area contributed by atoms with E-state index >= 15 is 0 Å². The fourth-order valence-electron chi connectivity index (χ4n) is 1.80. The van der Waals surface area contributed by atoms with E-state index in [2.05, 4.69) is 9.72 Å². The first-order valence-electron chi connectivity index (χ1n) is 5.99. The zero-order chi connectivity index (χ0) is 14.7. The van der Waals surface area contributed by atoms with Crippen LogP contribution in [0.3, 0.4) is 0 Å². The van der Waals surface area contributed by atoms with Crippen molar-refractivity contribution in [3.05, 3.63) is 46.4 Å². The standard InChI is InChI=1S/C14H15N3O3/c1-16(2)13-10(7-8-12(18)20-3)14(19)17-9-5-4-6-11(17)15-13/h4-9H,1-3H3/b8-7+. The Balaban J connectivity index is 2.70. The minimum Gasteiger partial charge on any atom is -0.466 e. The van der Waals surface area contributed by atoms with Crippen LogP contribution in [0.5, 0.6) is 0 Å². The summed E-state index contributed by atoms with van der Waals surface area (Å²) in [6.45, 7) is 0. The maximum atomic E-state index is 12.4. The third-order valence-corrected chi connectivity index (χ3v) is 2.76. The molecule has 0 bridgehead atoms. The summed E-state index contributed by atoms with van der Waals surface area (Å²) < 4.78 is 5.97. The molecule has 0 amide bonds. The molecule has 0 radical (unpaired) electrons. The first-order valence-corrected chi connectivity index (χ1v) is 5.99. The summed E-state index contributed by atoms with van der Waals surface area (Å²) in [6, 6.07) is 5.31. The molecule has 0 saturated heterocycles. The Labute approximate surface area is 115 Å². The summed E-state index contributed by atoms with van der Waals surface area (Å²) in [7, 11) is 4.86. The molecular formula is C14H15N3O3. The average Bonchev–Trinajstić information content (AvgIpc) is 2.45. The number of carbonyl (C=O) groups is 1. The topological polar surface area (TPSA) is 63.9 Å². The number of hydrogen-bond donors (Lipinski definition) is 0. The van der Waals surface area contributed by atoms with E-state index < -0.39 is 5.97 Å². The number of aromatic nitrogens is 2. The molecule has 20 heavy (non-hydrogen) atoms. The molecule has 6 nitrogen and oxygen atoms in total. The highest BCUT2D eigenvalue weighted by Crippen LogP contribution is 2.14. The van der Waals surface area contributed by atoms with Crippen molar-refractivity contribution in [3.63, 3.8) is 0 Å². The van der Waals surface area contributed by atoms with E-state index in [9.17, 15) is 9.59 Å². The summed E-state index contributed by atoms with van der Waals surface area (Å²) >= 11 is 0. The second-order valence-electron chi connectivity index (χ2n) is 4.33. The molecule has 0 fully saturated rings. The normalized spacial score (nSPS) is 10.9. The monoisotopic (exact) mass is 273 g/mol. The van der Waals surface area contributed by atoms with Crippen molar-refractivity contribution in [2.75, 3.05) is 26.1 Å². The summed E-state index contributed by atoms with van der Waals surface area (Å²) in [5.41, 5.74) is 0.653. The number of fused-ring (bicyclic) bond motifs is 1. The summed E-state index contributed by atoms with van der Waals surface area (Å²) in [5, 5.41) is 0. The Morgan fingerprint density at radius 1 is 1.40 bits per heavy atom. The van der Waals surface area contributed by atoms with E-state index in [0.29, 0.717) is 17.0 Å². The van der Waals surface area contributed by atoms with Crippen LogP contribution in [0.15, 0.2) is 35.3 Å². The largest absolute Gasteiger partial charge is 0.466 e. The number of rotatable bonds is 3. The highest BCUT2D eigenvalue weighted by molar-refractivity contribution is 5.88. The number of pyridine rings is 1. The fourth-order valence-corrected chi connectivity index (χ4v) is 1.80. The van der Waals surface area contributed by atoms with Crippen molar-refractivity contribution in [1.29, 1.82) is 0 Å². The van der Waals surface area contributed by atoms with Crippen LogP contribution in [0, 0.1) is 0 Å². The van der Waals surface area contributed by atoms with Crippen LogP contribution >= 0.6 is 0 Å². The van der Waals surface area contributed by atoms with Gasteiger partial charge in [-0.3, -0.25) is 9.20 Å². The highest BCUT2D eigenvalue weighted by Gasteiger charge is 2.12. The van der Waals surface area contributed by atoms with Crippen LogP contribution in [0.2, 0.25) is 0 Å². The molecule has 2 aromatic heterocycles. The van der Waals surface area contributed by atoms with Crippen LogP contribution in [0.1, 0.15) is 5.56 Å². The van der Waals surface area contributed by atoms with Gasteiger partial charge in [-0.1, -0.05) is 6.07 Å². The van der Waals surface area contributed by atoms with Crippen LogP contribution < -0.4 is 10.5 Å². The predicted octanol–water partition coefficient (Wildman–Crippen LogP) is 0.947. The number of nitrogens with zero attached hydrogens (tertiary/aromatic N) is 3. The number of esters is 1. The Morgan fingerprint density at radius 3 is 2.80 bits per heavy atom. The second-order valence-corrected chi connectivity index (χ2v) is 4.33. The van der Waals surface area contributed by atoms with Gasteiger partial charge in [0.15, 0.2) is 0 Å². The lowest BCUT2D eigenvalue weighted by molar-refractivity contribution is -0.134. The summed E-state index contributed by atoms with van der Waals surface area (Å²) in [6.07, 6.45) is 4.27. The number of methoxy groups -OCH3 is 1. The Kier molecular flexibility index (Phi) is 3.84. The number of ether oxygens (including phenoxy) is 1. The molecule has 2 rings (SSSR count). The van der Waals surface area contributed by atoms with E-state index in [1.807, 2.05) is 6.07 Å². The Hall–Kier alpha value is -2.63. The minimum atomic E-state index is -0.521. The molecule has 0 unspecified atom stereocenters. The molecule has 0 N–H and O–H groups in total. The second kappa shape index (κ2) is 5.56. The Bertz CT molecular complexity index is 732. The Morgan fingerprint density at radius 2 is 2.15 bits per heavy atom. The maximum Gasteiger partial charge on any atom is 0.330 e. The van der Waals surface area contributed by atoms with E-state index in [0.717, 1.165) is 0 Å². The molecule has 0 atom stereocenters. The van der Waals surface area contributed by atoms with E-state index in [-0.39, 0.29) is 5.56 Å². The quantitative estimate of drug-likeness (QED) is 0.615. The lowest BCUT2D eigenvalue weighted by atomic mass is 10.2. The van der Waals surface area contributed by atoms with Gasteiger partial charge in [0.1, 0.15) is 11.5 Å². The fraction of sp³-hybridized carbons (Fsp3) is 0.214. The minimum absolute atomic E-state index is 0.237. The zero-order valence-electron chi connectivity index (χ0n) is 11.5. The SMILES string of the molecule is COC(=O)/C=C/c1c(N(C)C)nc2ccccn2c1=O. The van der Waals surface area contributed by atoms with Gasteiger partial charge in [-0.05, 0) is 18.2 Å². The van der Waals surface area contributed by atoms with E-state index in [4.69, 9.17) is 0 Å². The maximum absolute atomic E-state index is 12.4. The van der Waals surface area contributed by atoms with Crippen LogP contribution in [-0.2, 0) is 9.53 Å². The van der Waals surface area contributed by atoms with Gasteiger partial charge in [-0.25, -0.2) is 9.78 Å². The van der Waals surface area contributed by atoms with E-state index in [1.165, 1.54) is 23.7 Å². The molecule has 6 heteroatoms. The summed E-state index contributed by atoms with van der Waals surface area (Å²) in [5.74, 6) is -0.0198. The smallest absolute Gasteiger partial charge is 0.330 e. The molecule has 0 spiro atoms. The van der Waals surface area contributed by atoms with Crippen LogP contribution in [0.4, 0.5) is 5.82 Å². The lowest BCUT2D eigenvalue weighted by Gasteiger charge is -2.15. The van der Waals surface area contributed by atoms with Crippen molar-refractivity contribution < 1.29 is 9.53 Å². The number of carbonyl (C=O) groups excluding carboxylic acids is 1. The average molecular weight is 273 g/mol. The first kappa shape index (κ1) is 13.8. The van der Waals surface area contributed by atoms with Gasteiger partial charge in [-0.2, -0.15) is 0 Å². The van der Waals surface area contributed by atoms with Crippen molar-refractivity contribution >= 4 is 23.5 Å². The van der Waals surface area contributed by atoms with Crippen molar-refractivity contribution in [1.82, 2.24) is 9.38 Å². The van der Waals surface area contributed by atoms with E-state index in [1.54, 1.807) is 37.3 Å².